The SMILES string of the molecule is CCN(CC)C(=O)c1cccc(CCc2ccc(NC[C@@H]3CCCN3)c(Oc3ccc(OC)cc3)c2)c1.CCN(CC)C(=O)c1cccc(CCc2ccc(NC[C@@H]3CCCN3C(=O)OC(C)(C)C)c(Oc3ccc(OC)cc3)c2)c1.CCNCC.COc1ccc(Oc2cc(CCc3cccc(C(=O)O)c3)ccc2NC[C@@H]2CCCN2C(=O)OC(C)(C)C)cc1. The van der Waals surface area contributed by atoms with E-state index >= 15 is 0 Å². The highest BCUT2D eigenvalue weighted by molar-refractivity contribution is 5.95. The van der Waals surface area contributed by atoms with Crippen LogP contribution in [0.15, 0.2) is 200 Å². The van der Waals surface area contributed by atoms with Crippen molar-refractivity contribution < 1.29 is 67.0 Å². The van der Waals surface area contributed by atoms with E-state index in [1.54, 1.807) is 39.5 Å². The maximum absolute atomic E-state index is 12.9. The number of carbonyl (C=O) groups excluding carboxylic acids is 4. The second-order valence-corrected chi connectivity index (χ2v) is 33.5. The molecule has 6 N–H and O–H groups in total. The highest BCUT2D eigenvalue weighted by atomic mass is 16.6. The molecule has 3 atom stereocenters. The van der Waals surface area contributed by atoms with Gasteiger partial charge in [-0.1, -0.05) is 68.4 Å². The minimum atomic E-state index is -0.931. The van der Waals surface area contributed by atoms with Gasteiger partial charge in [-0.05, 0) is 345 Å². The van der Waals surface area contributed by atoms with Crippen LogP contribution >= 0.6 is 0 Å². The quantitative estimate of drug-likeness (QED) is 0.0213. The van der Waals surface area contributed by atoms with E-state index in [2.05, 4.69) is 82.9 Å². The average molecular weight is 1720 g/mol. The number of nitrogens with zero attached hydrogens (tertiary/aromatic N) is 4. The lowest BCUT2D eigenvalue weighted by atomic mass is 10.0. The van der Waals surface area contributed by atoms with E-state index in [-0.39, 0.29) is 41.6 Å². The van der Waals surface area contributed by atoms with Crippen molar-refractivity contribution in [2.24, 2.45) is 0 Å². The van der Waals surface area contributed by atoms with Crippen LogP contribution in [-0.2, 0) is 48.0 Å². The largest absolute Gasteiger partial charge is 0.497 e. The molecule has 3 heterocycles. The first-order valence-corrected chi connectivity index (χ1v) is 44.8. The van der Waals surface area contributed by atoms with Crippen LogP contribution in [0.4, 0.5) is 26.7 Å². The second-order valence-electron chi connectivity index (χ2n) is 33.5. The summed E-state index contributed by atoms with van der Waals surface area (Å²) in [5, 5.41) is 26.6. The topological polar surface area (TPSA) is 253 Å². The van der Waals surface area contributed by atoms with E-state index in [1.807, 2.05) is 228 Å². The summed E-state index contributed by atoms with van der Waals surface area (Å²) in [4.78, 5) is 69.9. The summed E-state index contributed by atoms with van der Waals surface area (Å²) in [6.45, 7) is 33.0. The molecule has 0 aromatic heterocycles. The maximum Gasteiger partial charge on any atom is 0.410 e. The summed E-state index contributed by atoms with van der Waals surface area (Å²) >= 11 is 0. The molecule has 3 aliphatic heterocycles. The van der Waals surface area contributed by atoms with Crippen LogP contribution in [-0.4, -0.2) is 184 Å². The maximum atomic E-state index is 12.9. The molecule has 0 aliphatic carbocycles. The van der Waals surface area contributed by atoms with Crippen LogP contribution in [0.5, 0.6) is 51.7 Å². The molecule has 4 amide bonds. The van der Waals surface area contributed by atoms with Gasteiger partial charge in [0.1, 0.15) is 45.7 Å². The Bertz CT molecular complexity index is 4880. The van der Waals surface area contributed by atoms with Crippen molar-refractivity contribution in [3.05, 3.63) is 250 Å². The number of rotatable bonds is 36. The van der Waals surface area contributed by atoms with Crippen LogP contribution < -0.4 is 55.0 Å². The highest BCUT2D eigenvalue weighted by Crippen LogP contribution is 2.38. The van der Waals surface area contributed by atoms with Crippen molar-refractivity contribution in [2.45, 2.75) is 189 Å². The zero-order valence-electron chi connectivity index (χ0n) is 76.8. The first-order chi connectivity index (χ1) is 60.7. The van der Waals surface area contributed by atoms with Gasteiger partial charge in [0, 0.05) is 76.1 Å². The Hall–Kier alpha value is -12.0. The molecular weight excluding hydrogens is 1590 g/mol. The summed E-state index contributed by atoms with van der Waals surface area (Å²) in [7, 11) is 4.92. The van der Waals surface area contributed by atoms with Crippen molar-refractivity contribution >= 4 is 47.0 Å². The predicted octanol–water partition coefficient (Wildman–Crippen LogP) is 20.9. The third kappa shape index (κ3) is 31.3. The minimum absolute atomic E-state index is 0.0184. The van der Waals surface area contributed by atoms with E-state index in [0.717, 1.165) is 169 Å². The number of benzene rings is 9. The normalized spacial score (nSPS) is 14.6. The molecule has 9 aromatic carbocycles. The Morgan fingerprint density at radius 2 is 0.714 bits per heavy atom. The van der Waals surface area contributed by atoms with Gasteiger partial charge in [0.2, 0.25) is 0 Å². The Kier molecular flexibility index (Phi) is 38.6. The Morgan fingerprint density at radius 3 is 1.01 bits per heavy atom. The van der Waals surface area contributed by atoms with Gasteiger partial charge in [0.15, 0.2) is 17.2 Å². The summed E-state index contributed by atoms with van der Waals surface area (Å²) < 4.78 is 46.1. The Balaban J connectivity index is 0.000000208. The summed E-state index contributed by atoms with van der Waals surface area (Å²) in [5.41, 5.74) is 9.96. The first-order valence-electron chi connectivity index (χ1n) is 44.8. The summed E-state index contributed by atoms with van der Waals surface area (Å²) in [6, 6.07) is 64.7. The zero-order valence-corrected chi connectivity index (χ0v) is 76.8. The van der Waals surface area contributed by atoms with E-state index in [9.17, 15) is 29.1 Å². The number of carboxylic acid groups (broad SMARTS) is 1. The summed E-state index contributed by atoms with van der Waals surface area (Å²) in [5.74, 6) is 5.85. The van der Waals surface area contributed by atoms with Crippen molar-refractivity contribution in [1.29, 1.82) is 0 Å². The molecule has 9 aromatic rings. The van der Waals surface area contributed by atoms with Gasteiger partial charge in [0.05, 0.1) is 56.0 Å². The first kappa shape index (κ1) is 97.9. The Labute approximate surface area is 747 Å². The number of likely N-dealkylation sites (tertiary alicyclic amines) is 2. The lowest BCUT2D eigenvalue weighted by Gasteiger charge is -2.29. The van der Waals surface area contributed by atoms with Crippen molar-refractivity contribution in [2.75, 3.05) is 116 Å². The van der Waals surface area contributed by atoms with Crippen LogP contribution in [0.1, 0.15) is 186 Å². The van der Waals surface area contributed by atoms with Crippen LogP contribution in [0.3, 0.4) is 0 Å². The van der Waals surface area contributed by atoms with Gasteiger partial charge >= 0.3 is 18.2 Å². The van der Waals surface area contributed by atoms with Gasteiger partial charge in [-0.15, -0.1) is 0 Å². The van der Waals surface area contributed by atoms with Crippen molar-refractivity contribution in [3.8, 4) is 51.7 Å². The Morgan fingerprint density at radius 1 is 0.397 bits per heavy atom. The molecule has 0 radical (unpaired) electrons. The molecule has 3 saturated heterocycles. The molecule has 0 saturated carbocycles. The van der Waals surface area contributed by atoms with E-state index in [1.165, 1.54) is 18.4 Å². The van der Waals surface area contributed by atoms with Crippen LogP contribution in [0.2, 0.25) is 0 Å². The lowest BCUT2D eigenvalue weighted by Crippen LogP contribution is -2.42. The zero-order chi connectivity index (χ0) is 90.6. The van der Waals surface area contributed by atoms with Gasteiger partial charge in [-0.2, -0.15) is 0 Å². The van der Waals surface area contributed by atoms with Crippen molar-refractivity contribution in [1.82, 2.24) is 30.2 Å². The average Bonchev–Trinajstić information content (AvgIpc) is 1.33. The number of anilines is 3. The number of carboxylic acids is 1. The molecule has 3 fully saturated rings. The number of ether oxygens (including phenoxy) is 8. The fourth-order valence-corrected chi connectivity index (χ4v) is 15.1. The number of aryl methyl sites for hydroxylation is 6. The van der Waals surface area contributed by atoms with Gasteiger partial charge < -0.3 is 89.2 Å². The molecule has 0 spiro atoms. The summed E-state index contributed by atoms with van der Waals surface area (Å²) in [6.07, 6.45) is 10.2. The molecule has 23 heteroatoms. The minimum Gasteiger partial charge on any atom is -0.497 e. The predicted molar refractivity (Wildman–Crippen MR) is 504 cm³/mol. The molecule has 23 nitrogen and oxygen atoms in total. The third-order valence-corrected chi connectivity index (χ3v) is 22.0. The molecule has 3 aliphatic rings. The van der Waals surface area contributed by atoms with Crippen LogP contribution in [0.25, 0.3) is 0 Å². The monoisotopic (exact) mass is 1720 g/mol. The van der Waals surface area contributed by atoms with Gasteiger partial charge in [0.25, 0.3) is 11.8 Å². The number of nitrogens with one attached hydrogen (secondary N) is 5. The molecule has 676 valence electrons. The molecular formula is C103H135N9O14. The molecule has 126 heavy (non-hydrogen) atoms. The second kappa shape index (κ2) is 49.7. The molecule has 0 bridgehead atoms. The van der Waals surface area contributed by atoms with Gasteiger partial charge in [-0.25, -0.2) is 14.4 Å². The highest BCUT2D eigenvalue weighted by Gasteiger charge is 2.34. The molecule has 0 unspecified atom stereocenters. The van der Waals surface area contributed by atoms with E-state index in [0.29, 0.717) is 87.8 Å². The van der Waals surface area contributed by atoms with E-state index in [4.69, 9.17) is 37.9 Å². The van der Waals surface area contributed by atoms with Crippen LogP contribution in [0, 0.1) is 0 Å². The number of carbonyl (C=O) groups is 5. The lowest BCUT2D eigenvalue weighted by molar-refractivity contribution is 0.0224. The number of aromatic carboxylic acids is 1. The fraction of sp³-hybridized carbons (Fsp3) is 0.427. The molecule has 12 rings (SSSR count). The fourth-order valence-electron chi connectivity index (χ4n) is 15.1. The van der Waals surface area contributed by atoms with Crippen molar-refractivity contribution in [3.63, 3.8) is 0 Å². The smallest absolute Gasteiger partial charge is 0.410 e. The number of amides is 4. The van der Waals surface area contributed by atoms with Gasteiger partial charge in [-0.3, -0.25) is 9.59 Å². The van der Waals surface area contributed by atoms with E-state index < -0.39 is 17.2 Å². The number of hydrogen-bond donors (Lipinski definition) is 6. The number of hydrogen-bond acceptors (Lipinski definition) is 18. The third-order valence-electron chi connectivity index (χ3n) is 22.0. The standard InChI is InChI=1S/C36H47N3O5.C32H38N2O6.C31H39N3O3.C4H11N/c1-7-38(8-2)34(40)28-12-9-11-26(23-28)14-15-27-16-21-32(33(24-27)43-31-19-17-30(42-6)18-20-31)37-25-29-13-10-22-39(29)35(41)44-36(3,4)5;1-32(2,3)40-31(37)34-18-6-9-25(34)21-33-28-17-12-23(11-10-22-7-5-8-24(19-22)30(35)36)20-29(28)39-27-15-13-26(38-4)14-16-27;1-4-34(5-2)31(35)25-9-6-8-23(20-25)11-12-24-13-18-29(33-22-26-10-7-19-32-26)30(21-24)37-28-16-14-27(36-3)15-17-28;1-3-5-4-2/h9,11-12,16-21,23-24,29,37H,7-8,10,13-15,22,25H2,1-6H3;5,7-8,12-17,19-20,25,33H,6,9-11,18,21H2,1-4H3,(H,35,36);6,8-9,13-18,20-21,26,32-33H,4-5,7,10-12,19,22H2,1-3H3;5H,3-4H2,1-2H3/t29-;25-;26-;/m000./s1. The number of methoxy groups -OCH3 is 3.